The SMILES string of the molecule is Cc1nc(-c2cc(-c3cccc(S(C)=O)c3)ccc2-n2cc(C(F)(F)F)nc2C)c(-c2ccc(F)cc2)o1. The van der Waals surface area contributed by atoms with Crippen LogP contribution in [0.25, 0.3) is 39.4 Å². The summed E-state index contributed by atoms with van der Waals surface area (Å²) in [7, 11) is -1.20. The summed E-state index contributed by atoms with van der Waals surface area (Å²) < 4.78 is 73.4. The standard InChI is InChI=1S/C28H21F4N3O2S/c1-16-33-25(28(30,31)32)15-35(16)24-12-9-20(19-5-4-6-22(13-19)38(3)36)14-23(24)26-27(37-17(2)34-26)18-7-10-21(29)11-8-18/h4-15H,1-3H3. The smallest absolute Gasteiger partial charge is 0.434 e. The molecule has 0 fully saturated rings. The molecule has 0 amide bonds. The summed E-state index contributed by atoms with van der Waals surface area (Å²) in [5.74, 6) is 0.393. The summed E-state index contributed by atoms with van der Waals surface area (Å²) in [5.41, 5.74) is 2.31. The number of oxazole rings is 1. The zero-order valence-electron chi connectivity index (χ0n) is 20.5. The highest BCUT2D eigenvalue weighted by molar-refractivity contribution is 7.84. The molecule has 1 atom stereocenters. The topological polar surface area (TPSA) is 60.9 Å². The predicted octanol–water partition coefficient (Wildman–Crippen LogP) is 7.37. The van der Waals surface area contributed by atoms with E-state index in [0.717, 1.165) is 17.3 Å². The van der Waals surface area contributed by atoms with Crippen molar-refractivity contribution in [2.24, 2.45) is 0 Å². The number of imidazole rings is 1. The van der Waals surface area contributed by atoms with Gasteiger partial charge in [-0.3, -0.25) is 4.21 Å². The van der Waals surface area contributed by atoms with Gasteiger partial charge in [0.15, 0.2) is 17.3 Å². The quantitative estimate of drug-likeness (QED) is 0.219. The average Bonchev–Trinajstić information content (AvgIpc) is 3.47. The Hall–Kier alpha value is -4.05. The molecule has 194 valence electrons. The zero-order valence-corrected chi connectivity index (χ0v) is 21.3. The number of rotatable bonds is 5. The molecule has 0 aliphatic carbocycles. The van der Waals surface area contributed by atoms with Gasteiger partial charge in [0.2, 0.25) is 0 Å². The lowest BCUT2D eigenvalue weighted by molar-refractivity contribution is -0.141. The minimum Gasteiger partial charge on any atom is -0.440 e. The van der Waals surface area contributed by atoms with Crippen molar-refractivity contribution in [3.8, 4) is 39.4 Å². The Balaban J connectivity index is 1.77. The second-order valence-corrected chi connectivity index (χ2v) is 10.1. The molecule has 0 N–H and O–H groups in total. The molecule has 0 saturated carbocycles. The monoisotopic (exact) mass is 539 g/mol. The molecule has 0 aliphatic rings. The number of aromatic nitrogens is 3. The summed E-state index contributed by atoms with van der Waals surface area (Å²) in [4.78, 5) is 8.92. The highest BCUT2D eigenvalue weighted by Gasteiger charge is 2.35. The van der Waals surface area contributed by atoms with E-state index in [2.05, 4.69) is 9.97 Å². The van der Waals surface area contributed by atoms with E-state index in [1.165, 1.54) is 23.6 Å². The highest BCUT2D eigenvalue weighted by atomic mass is 32.2. The fourth-order valence-electron chi connectivity index (χ4n) is 4.23. The Morgan fingerprint density at radius 2 is 1.58 bits per heavy atom. The minimum atomic E-state index is -4.61. The second-order valence-electron chi connectivity index (χ2n) is 8.67. The molecule has 2 heterocycles. The molecule has 5 aromatic rings. The van der Waals surface area contributed by atoms with Crippen LogP contribution in [0.2, 0.25) is 0 Å². The van der Waals surface area contributed by atoms with Crippen LogP contribution in [0.3, 0.4) is 0 Å². The van der Waals surface area contributed by atoms with Gasteiger partial charge < -0.3 is 8.98 Å². The molecule has 5 nitrogen and oxygen atoms in total. The van der Waals surface area contributed by atoms with Crippen LogP contribution >= 0.6 is 0 Å². The van der Waals surface area contributed by atoms with Gasteiger partial charge in [0.05, 0.1) is 5.69 Å². The van der Waals surface area contributed by atoms with Crippen LogP contribution in [-0.4, -0.2) is 25.0 Å². The van der Waals surface area contributed by atoms with Crippen molar-refractivity contribution in [1.82, 2.24) is 14.5 Å². The summed E-state index contributed by atoms with van der Waals surface area (Å²) in [6, 6.07) is 18.1. The minimum absolute atomic E-state index is 0.137. The number of alkyl halides is 3. The lowest BCUT2D eigenvalue weighted by Gasteiger charge is -2.14. The van der Waals surface area contributed by atoms with E-state index in [1.807, 2.05) is 6.07 Å². The molecule has 1 unspecified atom stereocenters. The van der Waals surface area contributed by atoms with Crippen molar-refractivity contribution in [3.05, 3.63) is 96.2 Å². The van der Waals surface area contributed by atoms with E-state index < -0.39 is 28.5 Å². The fraction of sp³-hybridized carbons (Fsp3) is 0.143. The first-order valence-corrected chi connectivity index (χ1v) is 13.0. The van der Waals surface area contributed by atoms with Crippen LogP contribution in [0, 0.1) is 19.7 Å². The first-order chi connectivity index (χ1) is 18.0. The third kappa shape index (κ3) is 4.91. The van der Waals surface area contributed by atoms with Crippen molar-refractivity contribution in [2.75, 3.05) is 6.26 Å². The van der Waals surface area contributed by atoms with Gasteiger partial charge in [0.1, 0.15) is 17.3 Å². The van der Waals surface area contributed by atoms with Crippen LogP contribution in [0.15, 0.2) is 82.2 Å². The molecule has 0 aliphatic heterocycles. The maximum atomic E-state index is 13.6. The van der Waals surface area contributed by atoms with Crippen molar-refractivity contribution in [2.45, 2.75) is 24.9 Å². The van der Waals surface area contributed by atoms with Crippen molar-refractivity contribution >= 4 is 10.8 Å². The summed E-state index contributed by atoms with van der Waals surface area (Å²) >= 11 is 0. The van der Waals surface area contributed by atoms with Gasteiger partial charge in [-0.15, -0.1) is 0 Å². The van der Waals surface area contributed by atoms with Gasteiger partial charge in [-0.1, -0.05) is 18.2 Å². The van der Waals surface area contributed by atoms with E-state index in [0.29, 0.717) is 39.1 Å². The first kappa shape index (κ1) is 25.6. The van der Waals surface area contributed by atoms with E-state index in [4.69, 9.17) is 4.42 Å². The Labute approximate surface area is 218 Å². The molecule has 3 aromatic carbocycles. The van der Waals surface area contributed by atoms with E-state index in [-0.39, 0.29) is 5.82 Å². The van der Waals surface area contributed by atoms with Crippen molar-refractivity contribution in [1.29, 1.82) is 0 Å². The number of benzene rings is 3. The Morgan fingerprint density at radius 1 is 0.895 bits per heavy atom. The normalized spacial score (nSPS) is 12.6. The largest absolute Gasteiger partial charge is 0.440 e. The summed E-state index contributed by atoms with van der Waals surface area (Å²) in [6.45, 7) is 3.15. The molecule has 0 spiro atoms. The average molecular weight is 540 g/mol. The lowest BCUT2D eigenvalue weighted by atomic mass is 9.98. The van der Waals surface area contributed by atoms with Crippen LogP contribution in [-0.2, 0) is 17.0 Å². The molecule has 38 heavy (non-hydrogen) atoms. The number of hydrogen-bond acceptors (Lipinski definition) is 4. The Kier molecular flexibility index (Phi) is 6.52. The number of halogens is 4. The van der Waals surface area contributed by atoms with Crippen LogP contribution in [0.4, 0.5) is 17.6 Å². The lowest BCUT2D eigenvalue weighted by Crippen LogP contribution is -2.05. The zero-order chi connectivity index (χ0) is 27.2. The van der Waals surface area contributed by atoms with Gasteiger partial charge in [0, 0.05) is 46.2 Å². The van der Waals surface area contributed by atoms with Crippen molar-refractivity contribution in [3.63, 3.8) is 0 Å². The highest BCUT2D eigenvalue weighted by Crippen LogP contribution is 2.39. The molecule has 2 aromatic heterocycles. The number of aryl methyl sites for hydroxylation is 2. The third-order valence-corrected chi connectivity index (χ3v) is 6.94. The predicted molar refractivity (Wildman–Crippen MR) is 137 cm³/mol. The molecule has 0 radical (unpaired) electrons. The molecule has 10 heteroatoms. The van der Waals surface area contributed by atoms with Crippen LogP contribution < -0.4 is 0 Å². The van der Waals surface area contributed by atoms with Crippen LogP contribution in [0.5, 0.6) is 0 Å². The molecule has 0 saturated heterocycles. The maximum Gasteiger partial charge on any atom is 0.434 e. The molecule has 0 bridgehead atoms. The van der Waals surface area contributed by atoms with Gasteiger partial charge in [-0.25, -0.2) is 14.4 Å². The van der Waals surface area contributed by atoms with Gasteiger partial charge in [-0.2, -0.15) is 13.2 Å². The van der Waals surface area contributed by atoms with E-state index in [9.17, 15) is 21.8 Å². The van der Waals surface area contributed by atoms with Crippen molar-refractivity contribution < 1.29 is 26.2 Å². The van der Waals surface area contributed by atoms with Gasteiger partial charge >= 0.3 is 6.18 Å². The second kappa shape index (κ2) is 9.68. The Bertz CT molecular complexity index is 1670. The Morgan fingerprint density at radius 3 is 2.24 bits per heavy atom. The summed E-state index contributed by atoms with van der Waals surface area (Å²) in [6.07, 6.45) is -2.09. The van der Waals surface area contributed by atoms with Crippen LogP contribution in [0.1, 0.15) is 17.4 Å². The number of hydrogen-bond donors (Lipinski definition) is 0. The maximum absolute atomic E-state index is 13.6. The van der Waals surface area contributed by atoms with E-state index in [1.54, 1.807) is 61.7 Å². The fourth-order valence-corrected chi connectivity index (χ4v) is 4.79. The third-order valence-electron chi connectivity index (χ3n) is 6.02. The van der Waals surface area contributed by atoms with Gasteiger partial charge in [0.25, 0.3) is 0 Å². The molecular formula is C28H21F4N3O2S. The van der Waals surface area contributed by atoms with E-state index >= 15 is 0 Å². The molecule has 5 rings (SSSR count). The first-order valence-electron chi connectivity index (χ1n) is 11.5. The molecular weight excluding hydrogens is 518 g/mol. The number of nitrogens with zero attached hydrogens (tertiary/aromatic N) is 3. The summed E-state index contributed by atoms with van der Waals surface area (Å²) in [5, 5.41) is 0. The van der Waals surface area contributed by atoms with Gasteiger partial charge in [-0.05, 0) is 66.6 Å².